The lowest BCUT2D eigenvalue weighted by molar-refractivity contribution is -0.135. The number of aliphatic carboxylic acids is 1. The number of pyridine rings is 1. The number of carbonyl (C=O) groups excluding carboxylic acids is 1. The molecule has 0 aliphatic rings. The molecule has 0 amide bonds. The molecule has 0 bridgehead atoms. The summed E-state index contributed by atoms with van der Waals surface area (Å²) in [7, 11) is 0. The molecule has 0 aliphatic carbocycles. The van der Waals surface area contributed by atoms with E-state index in [1.165, 1.54) is 18.3 Å². The molecule has 0 fully saturated rings. The summed E-state index contributed by atoms with van der Waals surface area (Å²) in [6.45, 7) is -0.278. The lowest BCUT2D eigenvalue weighted by Crippen LogP contribution is -2.10. The fourth-order valence-corrected chi connectivity index (χ4v) is 0.486. The number of nitrogens with zero attached hydrogens (tertiary/aromatic N) is 1. The summed E-state index contributed by atoms with van der Waals surface area (Å²) in [5.74, 6) is -1.68. The van der Waals surface area contributed by atoms with Crippen LogP contribution in [-0.4, -0.2) is 28.9 Å². The van der Waals surface area contributed by atoms with E-state index in [9.17, 15) is 14.0 Å². The minimum atomic E-state index is -0.968. The Balaban J connectivity index is 0.000000292. The second-order valence-corrected chi connectivity index (χ2v) is 2.10. The summed E-state index contributed by atoms with van der Waals surface area (Å²) < 4.78 is 12.2. The summed E-state index contributed by atoms with van der Waals surface area (Å²) in [4.78, 5) is 22.4. The number of nitrogens with two attached hydrogens (primary N) is 1. The molecule has 1 aromatic heterocycles. The lowest BCUT2D eigenvalue weighted by Gasteiger charge is -1.87. The predicted octanol–water partition coefficient (Wildman–Crippen LogP) is 0.0629. The van der Waals surface area contributed by atoms with Gasteiger partial charge in [0.05, 0.1) is 12.1 Å². The van der Waals surface area contributed by atoms with E-state index in [1.807, 2.05) is 0 Å². The van der Waals surface area contributed by atoms with Gasteiger partial charge in [0.1, 0.15) is 0 Å². The number of rotatable bonds is 2. The molecule has 0 saturated heterocycles. The number of halogens is 1. The number of aldehydes is 1. The molecule has 0 aliphatic heterocycles. The Bertz CT molecular complexity index is 317. The third-order valence-electron chi connectivity index (χ3n) is 1.09. The highest BCUT2D eigenvalue weighted by molar-refractivity contribution is 5.74. The van der Waals surface area contributed by atoms with Crippen LogP contribution in [0.1, 0.15) is 10.4 Å². The van der Waals surface area contributed by atoms with E-state index < -0.39 is 11.9 Å². The summed E-state index contributed by atoms with van der Waals surface area (Å²) in [5, 5.41) is 7.60. The van der Waals surface area contributed by atoms with Crippen LogP contribution in [0.15, 0.2) is 18.3 Å². The van der Waals surface area contributed by atoms with E-state index in [0.29, 0.717) is 6.29 Å². The minimum absolute atomic E-state index is 0.00231. The molecule has 1 heterocycles. The van der Waals surface area contributed by atoms with Gasteiger partial charge in [0.2, 0.25) is 5.95 Å². The molecular formula is C8H9FN2O3. The maximum atomic E-state index is 12.2. The van der Waals surface area contributed by atoms with Crippen LogP contribution in [0, 0.1) is 5.95 Å². The number of carboxylic acid groups (broad SMARTS) is 1. The predicted molar refractivity (Wildman–Crippen MR) is 46.3 cm³/mol. The quantitative estimate of drug-likeness (QED) is 0.520. The summed E-state index contributed by atoms with van der Waals surface area (Å²) in [5.41, 5.74) is 4.57. The zero-order valence-corrected chi connectivity index (χ0v) is 7.18. The molecule has 1 rings (SSSR count). The Morgan fingerprint density at radius 1 is 1.71 bits per heavy atom. The van der Waals surface area contributed by atoms with E-state index in [2.05, 4.69) is 10.7 Å². The number of carboxylic acids is 1. The van der Waals surface area contributed by atoms with Crippen LogP contribution < -0.4 is 5.73 Å². The van der Waals surface area contributed by atoms with Gasteiger partial charge in [-0.05, 0) is 12.1 Å². The molecule has 0 radical (unpaired) electrons. The Kier molecular flexibility index (Phi) is 5.80. The molecule has 0 aromatic carbocycles. The van der Waals surface area contributed by atoms with Gasteiger partial charge in [-0.25, -0.2) is 4.98 Å². The molecule has 1 aromatic rings. The van der Waals surface area contributed by atoms with Gasteiger partial charge in [0, 0.05) is 6.20 Å². The fraction of sp³-hybridized carbons (Fsp3) is 0.125. The van der Waals surface area contributed by atoms with Crippen molar-refractivity contribution in [1.29, 1.82) is 0 Å². The summed E-state index contributed by atoms with van der Waals surface area (Å²) in [6.07, 6.45) is 1.73. The summed E-state index contributed by atoms with van der Waals surface area (Å²) in [6, 6.07) is 2.88. The molecule has 0 saturated carbocycles. The van der Waals surface area contributed by atoms with E-state index in [4.69, 9.17) is 5.11 Å². The molecule has 6 heteroatoms. The SMILES string of the molecule is NCC(=O)O.O=Cc1cccnc1F. The third-order valence-corrected chi connectivity index (χ3v) is 1.09. The molecule has 0 atom stereocenters. The van der Waals surface area contributed by atoms with Crippen molar-refractivity contribution in [3.63, 3.8) is 0 Å². The second kappa shape index (κ2) is 6.67. The van der Waals surface area contributed by atoms with Crippen LogP contribution in [0.5, 0.6) is 0 Å². The van der Waals surface area contributed by atoms with E-state index in [-0.39, 0.29) is 12.1 Å². The van der Waals surface area contributed by atoms with Crippen molar-refractivity contribution < 1.29 is 19.1 Å². The maximum Gasteiger partial charge on any atom is 0.317 e. The van der Waals surface area contributed by atoms with Crippen LogP contribution >= 0.6 is 0 Å². The minimum Gasteiger partial charge on any atom is -0.480 e. The van der Waals surface area contributed by atoms with Crippen molar-refractivity contribution in [3.8, 4) is 0 Å². The molecule has 5 nitrogen and oxygen atoms in total. The van der Waals surface area contributed by atoms with Crippen LogP contribution in [-0.2, 0) is 4.79 Å². The van der Waals surface area contributed by atoms with Gasteiger partial charge in [-0.3, -0.25) is 9.59 Å². The average Bonchev–Trinajstić information content (AvgIpc) is 2.19. The number of carbonyl (C=O) groups is 2. The first-order chi connectivity index (χ1) is 6.61. The van der Waals surface area contributed by atoms with Gasteiger partial charge >= 0.3 is 5.97 Å². The van der Waals surface area contributed by atoms with Gasteiger partial charge in [-0.15, -0.1) is 0 Å². The first-order valence-electron chi connectivity index (χ1n) is 3.59. The molecule has 0 spiro atoms. The van der Waals surface area contributed by atoms with Crippen molar-refractivity contribution >= 4 is 12.3 Å². The molecule has 0 unspecified atom stereocenters. The Labute approximate surface area is 79.4 Å². The van der Waals surface area contributed by atoms with Crippen LogP contribution in [0.25, 0.3) is 0 Å². The van der Waals surface area contributed by atoms with E-state index >= 15 is 0 Å². The van der Waals surface area contributed by atoms with Crippen LogP contribution in [0.4, 0.5) is 4.39 Å². The standard InChI is InChI=1S/C6H4FNO.C2H5NO2/c7-6-5(4-9)2-1-3-8-6;3-1-2(4)5/h1-4H;1,3H2,(H,4,5). The monoisotopic (exact) mass is 200 g/mol. The van der Waals surface area contributed by atoms with Crippen molar-refractivity contribution in [1.82, 2.24) is 4.98 Å². The highest BCUT2D eigenvalue weighted by Crippen LogP contribution is 1.97. The van der Waals surface area contributed by atoms with Gasteiger partial charge in [-0.1, -0.05) is 0 Å². The van der Waals surface area contributed by atoms with Crippen molar-refractivity contribution in [2.75, 3.05) is 6.54 Å². The van der Waals surface area contributed by atoms with Crippen molar-refractivity contribution in [2.45, 2.75) is 0 Å². The van der Waals surface area contributed by atoms with Crippen molar-refractivity contribution in [3.05, 3.63) is 29.8 Å². The largest absolute Gasteiger partial charge is 0.480 e. The zero-order valence-electron chi connectivity index (χ0n) is 7.18. The van der Waals surface area contributed by atoms with Crippen LogP contribution in [0.3, 0.4) is 0 Å². The zero-order chi connectivity index (χ0) is 11.0. The maximum absolute atomic E-state index is 12.2. The second-order valence-electron chi connectivity index (χ2n) is 2.10. The number of hydrogen-bond donors (Lipinski definition) is 2. The molecular weight excluding hydrogens is 191 g/mol. The Morgan fingerprint density at radius 2 is 2.29 bits per heavy atom. The topological polar surface area (TPSA) is 93.3 Å². The molecule has 14 heavy (non-hydrogen) atoms. The Hall–Kier alpha value is -1.82. The van der Waals surface area contributed by atoms with Crippen LogP contribution in [0.2, 0.25) is 0 Å². The van der Waals surface area contributed by atoms with E-state index in [0.717, 1.165) is 0 Å². The number of hydrogen-bond acceptors (Lipinski definition) is 4. The van der Waals surface area contributed by atoms with Crippen molar-refractivity contribution in [2.24, 2.45) is 5.73 Å². The number of aromatic nitrogens is 1. The normalized spacial score (nSPS) is 8.43. The van der Waals surface area contributed by atoms with Gasteiger partial charge in [-0.2, -0.15) is 4.39 Å². The first-order valence-corrected chi connectivity index (χ1v) is 3.59. The summed E-state index contributed by atoms with van der Waals surface area (Å²) >= 11 is 0. The third kappa shape index (κ3) is 4.94. The van der Waals surface area contributed by atoms with E-state index in [1.54, 1.807) is 0 Å². The highest BCUT2D eigenvalue weighted by Gasteiger charge is 1.96. The highest BCUT2D eigenvalue weighted by atomic mass is 19.1. The first kappa shape index (κ1) is 12.2. The smallest absolute Gasteiger partial charge is 0.317 e. The van der Waals surface area contributed by atoms with Gasteiger partial charge in [0.25, 0.3) is 0 Å². The molecule has 76 valence electrons. The van der Waals surface area contributed by atoms with Gasteiger partial charge < -0.3 is 10.8 Å². The Morgan fingerprint density at radius 3 is 2.57 bits per heavy atom. The fourth-order valence-electron chi connectivity index (χ4n) is 0.486. The molecule has 3 N–H and O–H groups in total. The van der Waals surface area contributed by atoms with Gasteiger partial charge in [0.15, 0.2) is 6.29 Å². The average molecular weight is 200 g/mol. The lowest BCUT2D eigenvalue weighted by atomic mass is 10.3.